The Labute approximate surface area is 330 Å². The summed E-state index contributed by atoms with van der Waals surface area (Å²) in [6.45, 7) is 25.5. The highest BCUT2D eigenvalue weighted by Gasteiger charge is 2.38. The molecule has 2 fully saturated rings. The van der Waals surface area contributed by atoms with Crippen LogP contribution in [-0.4, -0.2) is 72.4 Å². The number of likely N-dealkylation sites (tertiary alicyclic amines) is 1. The molecule has 3 unspecified atom stereocenters. The molecule has 0 radical (unpaired) electrons. The molecule has 5 rings (SSSR count). The number of alkyl carbamates (subject to hydrolysis) is 1. The zero-order valence-electron chi connectivity index (χ0n) is 33.4. The Hall–Kier alpha value is -5.85. The number of rotatable bonds is 15. The molecule has 3 aromatic rings. The van der Waals surface area contributed by atoms with Crippen molar-refractivity contribution in [3.05, 3.63) is 121 Å². The second kappa shape index (κ2) is 20.7. The average molecular weight is 764 g/mol. The zero-order valence-corrected chi connectivity index (χ0v) is 33.4. The Bertz CT molecular complexity index is 1920. The van der Waals surface area contributed by atoms with Crippen LogP contribution in [0.3, 0.4) is 0 Å². The molecule has 4 atom stereocenters. The Morgan fingerprint density at radius 1 is 0.857 bits per heavy atom. The Kier molecular flexibility index (Phi) is 15.9. The van der Waals surface area contributed by atoms with Gasteiger partial charge in [0, 0.05) is 42.9 Å². The molecule has 1 saturated carbocycles. The van der Waals surface area contributed by atoms with Gasteiger partial charge in [-0.25, -0.2) is 24.7 Å². The molecular formula is C43H57N9O4. The van der Waals surface area contributed by atoms with Crippen molar-refractivity contribution in [1.82, 2.24) is 45.4 Å². The number of aromatic amines is 2. The number of nitrogens with zero attached hydrogens (tertiary/aromatic N) is 5. The van der Waals surface area contributed by atoms with Crippen molar-refractivity contribution in [3.8, 4) is 0 Å². The Morgan fingerprint density at radius 2 is 1.45 bits per heavy atom. The van der Waals surface area contributed by atoms with Gasteiger partial charge in [-0.2, -0.15) is 0 Å². The summed E-state index contributed by atoms with van der Waals surface area (Å²) in [6, 6.07) is -0.948. The number of ether oxygens (including phenoxy) is 1. The topological polar surface area (TPSA) is 171 Å². The molecule has 56 heavy (non-hydrogen) atoms. The van der Waals surface area contributed by atoms with Crippen LogP contribution in [0.4, 0.5) is 4.79 Å². The monoisotopic (exact) mass is 763 g/mol. The summed E-state index contributed by atoms with van der Waals surface area (Å²) >= 11 is 0. The molecule has 3 amide bonds. The first-order valence-electron chi connectivity index (χ1n) is 19.4. The van der Waals surface area contributed by atoms with Crippen molar-refractivity contribution in [3.63, 3.8) is 0 Å². The number of methoxy groups -OCH3 is 1. The number of imidazole rings is 2. The first kappa shape index (κ1) is 42.9. The number of H-pyrrole nitrogens is 2. The van der Waals surface area contributed by atoms with Crippen molar-refractivity contribution in [1.29, 1.82) is 0 Å². The second-order valence-corrected chi connectivity index (χ2v) is 14.1. The molecule has 2 aliphatic rings. The number of hydrogen-bond acceptors (Lipinski definition) is 8. The molecule has 4 N–H and O–H groups in total. The van der Waals surface area contributed by atoms with Crippen LogP contribution in [0.5, 0.6) is 0 Å². The molecule has 13 nitrogen and oxygen atoms in total. The summed E-state index contributed by atoms with van der Waals surface area (Å²) < 4.78 is 4.73. The molecular weight excluding hydrogens is 707 g/mol. The van der Waals surface area contributed by atoms with Crippen LogP contribution >= 0.6 is 0 Å². The summed E-state index contributed by atoms with van der Waals surface area (Å²) in [5, 5.41) is 5.72. The number of carbonyl (C=O) groups excluding carboxylic acids is 3. The highest BCUT2D eigenvalue weighted by atomic mass is 16.5. The van der Waals surface area contributed by atoms with Crippen molar-refractivity contribution in [2.75, 3.05) is 13.7 Å². The molecule has 1 aliphatic heterocycles. The largest absolute Gasteiger partial charge is 0.453 e. The fraction of sp³-hybridized carbons (Fsp3) is 0.419. The predicted molar refractivity (Wildman–Crippen MR) is 220 cm³/mol. The van der Waals surface area contributed by atoms with Crippen molar-refractivity contribution < 1.29 is 19.1 Å². The van der Waals surface area contributed by atoms with E-state index in [9.17, 15) is 14.4 Å². The number of nitrogens with one attached hydrogen (secondary N) is 4. The molecule has 0 spiro atoms. The third-order valence-electron chi connectivity index (χ3n) is 10.0. The van der Waals surface area contributed by atoms with Gasteiger partial charge in [0.05, 0.1) is 36.9 Å². The van der Waals surface area contributed by atoms with Gasteiger partial charge in [-0.1, -0.05) is 91.2 Å². The van der Waals surface area contributed by atoms with Gasteiger partial charge >= 0.3 is 6.09 Å². The van der Waals surface area contributed by atoms with E-state index in [1.807, 2.05) is 52.0 Å². The van der Waals surface area contributed by atoms with Crippen LogP contribution < -0.4 is 10.6 Å². The summed E-state index contributed by atoms with van der Waals surface area (Å²) in [7, 11) is 1.28. The third kappa shape index (κ3) is 11.1. The molecule has 3 aromatic heterocycles. The minimum atomic E-state index is -0.705. The highest BCUT2D eigenvalue weighted by molar-refractivity contribution is 5.86. The lowest BCUT2D eigenvalue weighted by Crippen LogP contribution is -2.51. The van der Waals surface area contributed by atoms with Crippen LogP contribution in [-0.2, 0) is 20.9 Å². The van der Waals surface area contributed by atoms with Crippen LogP contribution in [0.15, 0.2) is 92.9 Å². The third-order valence-corrected chi connectivity index (χ3v) is 10.0. The summed E-state index contributed by atoms with van der Waals surface area (Å²) in [4.78, 5) is 64.4. The number of allylic oxidation sites excluding steroid dienone is 8. The van der Waals surface area contributed by atoms with E-state index in [1.165, 1.54) is 13.4 Å². The summed E-state index contributed by atoms with van der Waals surface area (Å²) in [5.74, 6) is 0.994. The molecule has 4 heterocycles. The summed E-state index contributed by atoms with van der Waals surface area (Å²) in [5.41, 5.74) is 5.14. The van der Waals surface area contributed by atoms with Crippen LogP contribution in [0.1, 0.15) is 107 Å². The van der Waals surface area contributed by atoms with E-state index in [-0.39, 0.29) is 35.6 Å². The quantitative estimate of drug-likeness (QED) is 0.115. The minimum Gasteiger partial charge on any atom is -0.453 e. The molecule has 1 aliphatic carbocycles. The van der Waals surface area contributed by atoms with E-state index in [0.29, 0.717) is 35.6 Å². The van der Waals surface area contributed by atoms with Gasteiger partial charge in [0.1, 0.15) is 24.0 Å². The van der Waals surface area contributed by atoms with Gasteiger partial charge < -0.3 is 30.2 Å². The number of aromatic nitrogens is 6. The second-order valence-electron chi connectivity index (χ2n) is 14.1. The lowest BCUT2D eigenvalue weighted by atomic mass is 9.78. The predicted octanol–water partition coefficient (Wildman–Crippen LogP) is 7.53. The lowest BCUT2D eigenvalue weighted by molar-refractivity contribution is -0.135. The van der Waals surface area contributed by atoms with Gasteiger partial charge in [0.25, 0.3) is 0 Å². The van der Waals surface area contributed by atoms with Gasteiger partial charge in [0.2, 0.25) is 11.8 Å². The average Bonchev–Trinajstić information content (AvgIpc) is 4.02. The first-order valence-corrected chi connectivity index (χ1v) is 19.4. The number of hydrogen-bond donors (Lipinski definition) is 4. The van der Waals surface area contributed by atoms with Gasteiger partial charge in [-0.05, 0) is 53.9 Å². The first-order chi connectivity index (χ1) is 27.0. The maximum Gasteiger partial charge on any atom is 0.407 e. The van der Waals surface area contributed by atoms with Crippen molar-refractivity contribution >= 4 is 29.1 Å². The SMILES string of the molecule is C=C(/C=C\C(=C)c1cnc(C2CCCN2C(=O)C(NC(=O)OC)C(C)C)[nH]1)C(=C)/C=C\C(=C)c1cnc([C@@H]2CCCCC2C(=O)NCc2cncnc2)[nH]1.CC. The normalized spacial score (nSPS) is 18.6. The lowest BCUT2D eigenvalue weighted by Gasteiger charge is -2.30. The van der Waals surface area contributed by atoms with Gasteiger partial charge in [-0.3, -0.25) is 9.59 Å². The number of amides is 3. The fourth-order valence-corrected chi connectivity index (χ4v) is 6.86. The zero-order chi connectivity index (χ0) is 40.8. The molecule has 298 valence electrons. The van der Waals surface area contributed by atoms with E-state index >= 15 is 0 Å². The summed E-state index contributed by atoms with van der Waals surface area (Å²) in [6.07, 6.45) is 20.4. The fourth-order valence-electron chi connectivity index (χ4n) is 6.86. The van der Waals surface area contributed by atoms with E-state index in [0.717, 1.165) is 66.9 Å². The van der Waals surface area contributed by atoms with E-state index < -0.39 is 12.1 Å². The number of carbonyl (C=O) groups is 3. The standard InChI is InChI=1S/C41H51N9O4.C2H6/c1-25(2)36(49-41(53)54-7)40(52)50-18-10-13-35(50)38-45-23-34(48-38)29(6)17-15-27(4)26(3)14-16-28(5)33-22-44-37(47-33)31-11-8-9-12-32(31)39(51)46-21-30-19-42-24-43-20-30;1-2/h14-17,19-20,22-25,31-32,35-36H,3-6,8-13,18,21H2,1-2,7H3,(H,44,47)(H,45,48)(H,46,51)(H,49,53);1-2H3/b16-14-,17-15-;/t31-,32?,35?,36?;/m1./s1. The smallest absolute Gasteiger partial charge is 0.407 e. The molecule has 0 aromatic carbocycles. The van der Waals surface area contributed by atoms with Crippen molar-refractivity contribution in [2.45, 2.75) is 90.8 Å². The molecule has 1 saturated heterocycles. The van der Waals surface area contributed by atoms with Gasteiger partial charge in [0.15, 0.2) is 0 Å². The van der Waals surface area contributed by atoms with Crippen LogP contribution in [0.2, 0.25) is 0 Å². The van der Waals surface area contributed by atoms with Crippen LogP contribution in [0, 0.1) is 11.8 Å². The Morgan fingerprint density at radius 3 is 2.05 bits per heavy atom. The molecule has 0 bridgehead atoms. The molecule has 13 heteroatoms. The van der Waals surface area contributed by atoms with E-state index in [1.54, 1.807) is 29.7 Å². The maximum atomic E-state index is 13.5. The van der Waals surface area contributed by atoms with E-state index in [2.05, 4.69) is 66.9 Å². The maximum absolute atomic E-state index is 13.5. The van der Waals surface area contributed by atoms with Gasteiger partial charge in [-0.15, -0.1) is 0 Å². The highest BCUT2D eigenvalue weighted by Crippen LogP contribution is 2.37. The van der Waals surface area contributed by atoms with Crippen LogP contribution in [0.25, 0.3) is 11.1 Å². The van der Waals surface area contributed by atoms with E-state index in [4.69, 9.17) is 4.74 Å². The minimum absolute atomic E-state index is 0.0114. The van der Waals surface area contributed by atoms with Crippen molar-refractivity contribution in [2.24, 2.45) is 11.8 Å². The Balaban J connectivity index is 0.00000342.